The van der Waals surface area contributed by atoms with Crippen LogP contribution in [0.4, 0.5) is 0 Å². The van der Waals surface area contributed by atoms with Gasteiger partial charge in [0.2, 0.25) is 0 Å². The Morgan fingerprint density at radius 3 is 2.50 bits per heavy atom. The molecule has 0 amide bonds. The molecule has 0 aliphatic heterocycles. The molecule has 2 atom stereocenters. The molecule has 0 saturated carbocycles. The molecule has 0 aromatic carbocycles. The molecule has 24 heavy (non-hydrogen) atoms. The number of nitrogens with zero attached hydrogens (tertiary/aromatic N) is 3. The Hall–Kier alpha value is -2.88. The Kier molecular flexibility index (Phi) is 5.53. The first-order valence-electron chi connectivity index (χ1n) is 7.31. The quantitative estimate of drug-likeness (QED) is 0.407. The molecule has 0 fully saturated rings. The molecule has 0 unspecified atom stereocenters. The number of aromatic nitrogens is 4. The van der Waals surface area contributed by atoms with E-state index in [-0.39, 0.29) is 12.8 Å². The van der Waals surface area contributed by atoms with Gasteiger partial charge in [0.05, 0.1) is 5.69 Å². The second-order valence-corrected chi connectivity index (χ2v) is 5.37. The predicted octanol–water partition coefficient (Wildman–Crippen LogP) is -0.631. The van der Waals surface area contributed by atoms with E-state index >= 15 is 0 Å². The summed E-state index contributed by atoms with van der Waals surface area (Å²) in [4.78, 5) is 33.6. The zero-order valence-corrected chi connectivity index (χ0v) is 13.4. The fourth-order valence-electron chi connectivity index (χ4n) is 2.22. The van der Waals surface area contributed by atoms with Gasteiger partial charge in [-0.2, -0.15) is 0 Å². The summed E-state index contributed by atoms with van der Waals surface area (Å²) in [6.07, 6.45) is 4.99. The van der Waals surface area contributed by atoms with Crippen molar-refractivity contribution in [3.63, 3.8) is 0 Å². The number of aromatic amines is 1. The highest BCUT2D eigenvalue weighted by Crippen LogP contribution is 2.05. The van der Waals surface area contributed by atoms with Gasteiger partial charge in [-0.15, -0.1) is 0 Å². The topological polar surface area (TPSA) is 145 Å². The summed E-state index contributed by atoms with van der Waals surface area (Å²) >= 11 is 0. The van der Waals surface area contributed by atoms with Crippen molar-refractivity contribution in [2.75, 3.05) is 12.5 Å². The Bertz CT molecular complexity index is 710. The predicted molar refractivity (Wildman–Crippen MR) is 84.2 cm³/mol. The van der Waals surface area contributed by atoms with Gasteiger partial charge < -0.3 is 25.9 Å². The lowest BCUT2D eigenvalue weighted by atomic mass is 10.2. The van der Waals surface area contributed by atoms with Crippen molar-refractivity contribution in [3.8, 4) is 0 Å². The van der Waals surface area contributed by atoms with Crippen LogP contribution in [-0.2, 0) is 22.4 Å². The van der Waals surface area contributed by atoms with Crippen LogP contribution >= 0.6 is 0 Å². The van der Waals surface area contributed by atoms with Gasteiger partial charge in [0.25, 0.3) is 0 Å². The second kappa shape index (κ2) is 7.59. The number of hydrogen-bond acceptors (Lipinski definition) is 6. The average molecular weight is 336 g/mol. The van der Waals surface area contributed by atoms with E-state index in [1.54, 1.807) is 26.4 Å². The number of carboxylic acids is 2. The molecular weight excluding hydrogens is 316 g/mol. The standard InChI is InChI=1S/C14H20N6O4/c1-8-16-5-9(18-8)3-12(14(23)24)19-20-6-10(17-7-20)4-11(15-2)13(21)22/h5-7,11-12,15,19H,3-4H2,1-2H3,(H,16,18)(H,21,22)(H,23,24)/t11-,12-/m0/s1. The highest BCUT2D eigenvalue weighted by atomic mass is 16.4. The van der Waals surface area contributed by atoms with Crippen LogP contribution in [0, 0.1) is 6.92 Å². The number of hydrogen-bond donors (Lipinski definition) is 5. The van der Waals surface area contributed by atoms with Crippen molar-refractivity contribution in [3.05, 3.63) is 35.9 Å². The molecule has 2 rings (SSSR count). The lowest BCUT2D eigenvalue weighted by Crippen LogP contribution is -2.37. The van der Waals surface area contributed by atoms with Crippen molar-refractivity contribution in [2.45, 2.75) is 31.8 Å². The minimum atomic E-state index is -1.02. The third kappa shape index (κ3) is 4.56. The maximum absolute atomic E-state index is 11.4. The minimum Gasteiger partial charge on any atom is -0.480 e. The Balaban J connectivity index is 2.02. The van der Waals surface area contributed by atoms with E-state index in [1.165, 1.54) is 11.0 Å². The van der Waals surface area contributed by atoms with E-state index < -0.39 is 24.0 Å². The fraction of sp³-hybridized carbons (Fsp3) is 0.429. The Labute approximate surface area is 137 Å². The number of imidazole rings is 2. The van der Waals surface area contributed by atoms with E-state index in [1.807, 2.05) is 0 Å². The number of rotatable bonds is 9. The first kappa shape index (κ1) is 17.5. The van der Waals surface area contributed by atoms with E-state index in [0.717, 1.165) is 0 Å². The minimum absolute atomic E-state index is 0.192. The first-order valence-corrected chi connectivity index (χ1v) is 7.31. The molecule has 10 nitrogen and oxygen atoms in total. The number of likely N-dealkylation sites (N-methyl/N-ethyl adjacent to an activating group) is 1. The molecule has 10 heteroatoms. The molecule has 0 aliphatic carbocycles. The van der Waals surface area contributed by atoms with Crippen LogP contribution < -0.4 is 10.7 Å². The van der Waals surface area contributed by atoms with Crippen molar-refractivity contribution in [2.24, 2.45) is 0 Å². The fourth-order valence-corrected chi connectivity index (χ4v) is 2.22. The summed E-state index contributed by atoms with van der Waals surface area (Å²) in [7, 11) is 1.56. The molecule has 2 aromatic heterocycles. The molecule has 5 N–H and O–H groups in total. The van der Waals surface area contributed by atoms with Crippen LogP contribution in [0.5, 0.6) is 0 Å². The maximum Gasteiger partial charge on any atom is 0.328 e. The molecular formula is C14H20N6O4. The zero-order chi connectivity index (χ0) is 17.7. The van der Waals surface area contributed by atoms with Gasteiger partial charge in [-0.25, -0.2) is 14.8 Å². The van der Waals surface area contributed by atoms with Gasteiger partial charge in [0, 0.05) is 30.9 Å². The van der Waals surface area contributed by atoms with E-state index in [9.17, 15) is 14.7 Å². The summed E-state index contributed by atoms with van der Waals surface area (Å²) in [6.45, 7) is 1.79. The number of aryl methyl sites for hydroxylation is 1. The summed E-state index contributed by atoms with van der Waals surface area (Å²) in [6, 6.07) is -1.64. The SMILES string of the molecule is CN[C@@H](Cc1cn(N[C@@H](Cc2cnc(C)[nH]2)C(=O)O)cn1)C(=O)O. The highest BCUT2D eigenvalue weighted by molar-refractivity contribution is 5.75. The molecule has 0 bridgehead atoms. The van der Waals surface area contributed by atoms with Crippen molar-refractivity contribution in [1.82, 2.24) is 24.9 Å². The van der Waals surface area contributed by atoms with Crippen molar-refractivity contribution < 1.29 is 19.8 Å². The largest absolute Gasteiger partial charge is 0.480 e. The van der Waals surface area contributed by atoms with E-state index in [4.69, 9.17) is 5.11 Å². The van der Waals surface area contributed by atoms with Crippen LogP contribution in [0.15, 0.2) is 18.7 Å². The van der Waals surface area contributed by atoms with Crippen molar-refractivity contribution in [1.29, 1.82) is 0 Å². The first-order chi connectivity index (χ1) is 11.4. The number of carbonyl (C=O) groups is 2. The van der Waals surface area contributed by atoms with Gasteiger partial charge in [-0.05, 0) is 14.0 Å². The number of aliphatic carboxylic acids is 2. The second-order valence-electron chi connectivity index (χ2n) is 5.37. The molecule has 2 aromatic rings. The highest BCUT2D eigenvalue weighted by Gasteiger charge is 2.20. The Morgan fingerprint density at radius 1 is 1.25 bits per heavy atom. The monoisotopic (exact) mass is 336 g/mol. The van der Waals surface area contributed by atoms with E-state index in [0.29, 0.717) is 17.2 Å². The third-order valence-electron chi connectivity index (χ3n) is 3.48. The summed E-state index contributed by atoms with van der Waals surface area (Å²) in [5.41, 5.74) is 4.05. The lowest BCUT2D eigenvalue weighted by Gasteiger charge is -2.15. The molecule has 0 radical (unpaired) electrons. The third-order valence-corrected chi connectivity index (χ3v) is 3.48. The van der Waals surface area contributed by atoms with Crippen LogP contribution in [0.2, 0.25) is 0 Å². The molecule has 0 aliphatic rings. The van der Waals surface area contributed by atoms with Crippen LogP contribution in [0.25, 0.3) is 0 Å². The summed E-state index contributed by atoms with van der Waals surface area (Å²) in [5.74, 6) is -1.28. The average Bonchev–Trinajstić information content (AvgIpc) is 3.12. The Morgan fingerprint density at radius 2 is 1.96 bits per heavy atom. The van der Waals surface area contributed by atoms with Crippen LogP contribution in [0.3, 0.4) is 0 Å². The van der Waals surface area contributed by atoms with Gasteiger partial charge in [-0.3, -0.25) is 9.47 Å². The zero-order valence-electron chi connectivity index (χ0n) is 13.4. The van der Waals surface area contributed by atoms with E-state index in [2.05, 4.69) is 25.7 Å². The summed E-state index contributed by atoms with van der Waals surface area (Å²) < 4.78 is 1.42. The van der Waals surface area contributed by atoms with Crippen molar-refractivity contribution >= 4 is 11.9 Å². The maximum atomic E-state index is 11.4. The smallest absolute Gasteiger partial charge is 0.328 e. The molecule has 2 heterocycles. The normalized spacial score (nSPS) is 13.4. The number of nitrogens with one attached hydrogen (secondary N) is 3. The summed E-state index contributed by atoms with van der Waals surface area (Å²) in [5, 5.41) is 21.1. The number of carboxylic acid groups (broad SMARTS) is 2. The molecule has 0 saturated heterocycles. The lowest BCUT2D eigenvalue weighted by molar-refractivity contribution is -0.139. The molecule has 130 valence electrons. The van der Waals surface area contributed by atoms with Gasteiger partial charge >= 0.3 is 11.9 Å². The van der Waals surface area contributed by atoms with Gasteiger partial charge in [0.15, 0.2) is 0 Å². The van der Waals surface area contributed by atoms with Crippen LogP contribution in [0.1, 0.15) is 17.2 Å². The van der Waals surface area contributed by atoms with Gasteiger partial charge in [0.1, 0.15) is 24.2 Å². The van der Waals surface area contributed by atoms with Gasteiger partial charge in [-0.1, -0.05) is 0 Å². The number of H-pyrrole nitrogens is 1. The molecule has 0 spiro atoms. The van der Waals surface area contributed by atoms with Crippen LogP contribution in [-0.4, -0.2) is 60.9 Å².